The number of amides is 1. The largest absolute Gasteiger partial charge is 0.481 e. The van der Waals surface area contributed by atoms with Crippen molar-refractivity contribution < 1.29 is 19.4 Å². The summed E-state index contributed by atoms with van der Waals surface area (Å²) in [5.74, 6) is -0.789. The summed E-state index contributed by atoms with van der Waals surface area (Å²) in [4.78, 5) is 22.7. The lowest BCUT2D eigenvalue weighted by molar-refractivity contribution is -0.137. The van der Waals surface area contributed by atoms with Gasteiger partial charge in [0, 0.05) is 24.9 Å². The van der Waals surface area contributed by atoms with Crippen LogP contribution in [0.5, 0.6) is 0 Å². The molecule has 0 radical (unpaired) electrons. The second-order valence-electron chi connectivity index (χ2n) is 6.30. The highest BCUT2D eigenvalue weighted by Crippen LogP contribution is 2.31. The molecule has 2 aromatic rings. The monoisotopic (exact) mass is 407 g/mol. The van der Waals surface area contributed by atoms with Crippen molar-refractivity contribution >= 4 is 40.8 Å². The molecule has 5 nitrogen and oxygen atoms in total. The number of alkyl carbamates (subject to hydrolysis) is 1. The maximum atomic E-state index is 12.3. The topological polar surface area (TPSA) is 75.6 Å². The molecule has 2 heterocycles. The van der Waals surface area contributed by atoms with Crippen molar-refractivity contribution in [3.63, 3.8) is 0 Å². The van der Waals surface area contributed by atoms with Gasteiger partial charge in [-0.2, -0.15) is 22.7 Å². The van der Waals surface area contributed by atoms with Gasteiger partial charge in [0.25, 0.3) is 0 Å². The van der Waals surface area contributed by atoms with Crippen molar-refractivity contribution in [3.05, 3.63) is 50.4 Å². The van der Waals surface area contributed by atoms with Gasteiger partial charge < -0.3 is 15.2 Å². The van der Waals surface area contributed by atoms with Crippen LogP contribution in [-0.4, -0.2) is 23.7 Å². The molecule has 0 spiro atoms. The number of hydrogen-bond acceptors (Lipinski definition) is 5. The lowest BCUT2D eigenvalue weighted by atomic mass is 10.0. The summed E-state index contributed by atoms with van der Waals surface area (Å²) in [5, 5.41) is 19.6. The molecule has 0 aromatic carbocycles. The smallest absolute Gasteiger partial charge is 0.407 e. The molecule has 1 atom stereocenters. The highest BCUT2D eigenvalue weighted by Gasteiger charge is 2.21. The first kappa shape index (κ1) is 21.2. The first-order valence-corrected chi connectivity index (χ1v) is 10.8. The molecule has 2 N–H and O–H groups in total. The summed E-state index contributed by atoms with van der Waals surface area (Å²) < 4.78 is 5.73. The Bertz CT molecular complexity index is 766. The quantitative estimate of drug-likeness (QED) is 0.488. The molecule has 7 heteroatoms. The average Bonchev–Trinajstić information content (AvgIpc) is 3.26. The van der Waals surface area contributed by atoms with E-state index in [9.17, 15) is 9.59 Å². The third-order valence-electron chi connectivity index (χ3n) is 4.24. The van der Waals surface area contributed by atoms with Gasteiger partial charge in [-0.15, -0.1) is 0 Å². The van der Waals surface area contributed by atoms with E-state index in [0.29, 0.717) is 19.4 Å². The van der Waals surface area contributed by atoms with Gasteiger partial charge in [-0.1, -0.05) is 19.1 Å². The molecule has 27 heavy (non-hydrogen) atoms. The number of thiophene rings is 2. The zero-order valence-electron chi connectivity index (χ0n) is 15.4. The summed E-state index contributed by atoms with van der Waals surface area (Å²) in [6.45, 7) is 6.37. The van der Waals surface area contributed by atoms with Crippen LogP contribution in [0, 0.1) is 6.92 Å². The van der Waals surface area contributed by atoms with Crippen LogP contribution in [-0.2, 0) is 16.0 Å². The number of hydrogen-bond donors (Lipinski definition) is 2. The summed E-state index contributed by atoms with van der Waals surface area (Å²) in [6, 6.07) is 0. The van der Waals surface area contributed by atoms with Crippen molar-refractivity contribution in [2.75, 3.05) is 6.54 Å². The molecule has 146 valence electrons. The Hall–Kier alpha value is -2.12. The summed E-state index contributed by atoms with van der Waals surface area (Å²) in [7, 11) is 0. The van der Waals surface area contributed by atoms with E-state index >= 15 is 0 Å². The average molecular weight is 408 g/mol. The van der Waals surface area contributed by atoms with Crippen molar-refractivity contribution in [2.24, 2.45) is 0 Å². The van der Waals surface area contributed by atoms with E-state index in [1.807, 2.05) is 10.8 Å². The Labute approximate surface area is 167 Å². The Balaban J connectivity index is 1.91. The third kappa shape index (κ3) is 6.84. The number of carboxylic acids is 1. The molecule has 0 aliphatic heterocycles. The molecule has 0 fully saturated rings. The number of carbonyl (C=O) groups is 2. The lowest BCUT2D eigenvalue weighted by Crippen LogP contribution is -2.27. The fraction of sp³-hybridized carbons (Fsp3) is 0.400. The molecule has 1 unspecified atom stereocenters. The fourth-order valence-electron chi connectivity index (χ4n) is 2.69. The number of rotatable bonds is 11. The minimum Gasteiger partial charge on any atom is -0.481 e. The van der Waals surface area contributed by atoms with Gasteiger partial charge in [0.1, 0.15) is 6.10 Å². The van der Waals surface area contributed by atoms with Crippen LogP contribution in [0.2, 0.25) is 0 Å². The predicted octanol–water partition coefficient (Wildman–Crippen LogP) is 5.42. The molecule has 0 saturated carbocycles. The summed E-state index contributed by atoms with van der Waals surface area (Å²) in [6.07, 6.45) is 3.85. The van der Waals surface area contributed by atoms with Crippen molar-refractivity contribution in [3.8, 4) is 0 Å². The van der Waals surface area contributed by atoms with E-state index in [1.165, 1.54) is 11.1 Å². The van der Waals surface area contributed by atoms with Crippen LogP contribution >= 0.6 is 22.7 Å². The minimum atomic E-state index is -0.789. The van der Waals surface area contributed by atoms with Crippen LogP contribution < -0.4 is 5.32 Å². The maximum Gasteiger partial charge on any atom is 0.407 e. The molecule has 2 aromatic heterocycles. The standard InChI is InChI=1S/C20H25NO4S2/c1-3-15-11-27-13-17(15)18(9-16-12-26-10-14(16)2)25-20(24)21-8-6-4-5-7-19(22)23/h3,10-13,18H,1,4-9H2,2H3,(H,21,24)(H,22,23). The molecule has 0 aliphatic carbocycles. The van der Waals surface area contributed by atoms with Crippen LogP contribution in [0.25, 0.3) is 6.08 Å². The van der Waals surface area contributed by atoms with Gasteiger partial charge in [0.15, 0.2) is 0 Å². The van der Waals surface area contributed by atoms with Crippen molar-refractivity contribution in [1.29, 1.82) is 0 Å². The SMILES string of the molecule is C=Cc1cscc1C(Cc1cscc1C)OC(=O)NCCCCCC(=O)O. The van der Waals surface area contributed by atoms with E-state index in [0.717, 1.165) is 24.0 Å². The van der Waals surface area contributed by atoms with Crippen LogP contribution in [0.15, 0.2) is 28.1 Å². The number of aryl methyl sites for hydroxylation is 1. The second-order valence-corrected chi connectivity index (χ2v) is 7.78. The van der Waals surface area contributed by atoms with Crippen LogP contribution in [0.3, 0.4) is 0 Å². The first-order chi connectivity index (χ1) is 13.0. The zero-order valence-corrected chi connectivity index (χ0v) is 17.0. The number of aliphatic carboxylic acids is 1. The van der Waals surface area contributed by atoms with Crippen molar-refractivity contribution in [1.82, 2.24) is 5.32 Å². The molecule has 2 rings (SSSR count). The number of nitrogens with one attached hydrogen (secondary N) is 1. The lowest BCUT2D eigenvalue weighted by Gasteiger charge is -2.19. The van der Waals surface area contributed by atoms with Gasteiger partial charge in [-0.3, -0.25) is 4.79 Å². The van der Waals surface area contributed by atoms with Gasteiger partial charge >= 0.3 is 12.1 Å². The second kappa shape index (κ2) is 10.9. The predicted molar refractivity (Wildman–Crippen MR) is 110 cm³/mol. The van der Waals surface area contributed by atoms with Crippen LogP contribution in [0.4, 0.5) is 4.79 Å². The number of ether oxygens (including phenoxy) is 1. The van der Waals surface area contributed by atoms with E-state index < -0.39 is 12.1 Å². The van der Waals surface area contributed by atoms with E-state index in [1.54, 1.807) is 28.7 Å². The molecule has 0 bridgehead atoms. The summed E-state index contributed by atoms with van der Waals surface area (Å²) >= 11 is 3.21. The van der Waals surface area contributed by atoms with Gasteiger partial charge in [-0.05, 0) is 58.0 Å². The Kier molecular flexibility index (Phi) is 8.54. The molecule has 0 saturated heterocycles. The zero-order chi connectivity index (χ0) is 19.6. The fourth-order valence-corrected chi connectivity index (χ4v) is 4.45. The number of unbranched alkanes of at least 4 members (excludes halogenated alkanes) is 2. The minimum absolute atomic E-state index is 0.162. The van der Waals surface area contributed by atoms with Crippen LogP contribution in [0.1, 0.15) is 54.0 Å². The normalized spacial score (nSPS) is 11.7. The van der Waals surface area contributed by atoms with Gasteiger partial charge in [0.05, 0.1) is 0 Å². The van der Waals surface area contributed by atoms with E-state index in [2.05, 4.69) is 29.6 Å². The Morgan fingerprint density at radius 3 is 2.67 bits per heavy atom. The highest BCUT2D eigenvalue weighted by molar-refractivity contribution is 7.08. The molecular weight excluding hydrogens is 382 g/mol. The number of carboxylic acid groups (broad SMARTS) is 1. The molecule has 1 amide bonds. The Morgan fingerprint density at radius 2 is 2.00 bits per heavy atom. The number of carbonyl (C=O) groups excluding carboxylic acids is 1. The van der Waals surface area contributed by atoms with Gasteiger partial charge in [0.2, 0.25) is 0 Å². The third-order valence-corrected chi connectivity index (χ3v) is 5.93. The first-order valence-electron chi connectivity index (χ1n) is 8.87. The molecular formula is C20H25NO4S2. The highest BCUT2D eigenvalue weighted by atomic mass is 32.1. The van der Waals surface area contributed by atoms with Gasteiger partial charge in [-0.25, -0.2) is 4.79 Å². The van der Waals surface area contributed by atoms with Crippen molar-refractivity contribution in [2.45, 2.75) is 45.1 Å². The summed E-state index contributed by atoms with van der Waals surface area (Å²) in [5.41, 5.74) is 4.33. The Morgan fingerprint density at radius 1 is 1.22 bits per heavy atom. The van der Waals surface area contributed by atoms with E-state index in [4.69, 9.17) is 9.84 Å². The maximum absolute atomic E-state index is 12.3. The van der Waals surface area contributed by atoms with E-state index in [-0.39, 0.29) is 12.5 Å². The molecule has 0 aliphatic rings.